The van der Waals surface area contributed by atoms with Crippen LogP contribution in [-0.2, 0) is 15.0 Å². The zero-order valence-corrected chi connectivity index (χ0v) is 9.14. The number of hydrogen-bond donors (Lipinski definition) is 3. The van der Waals surface area contributed by atoms with Crippen molar-refractivity contribution >= 4 is 16.1 Å². The van der Waals surface area contributed by atoms with Gasteiger partial charge in [0, 0.05) is 25.0 Å². The van der Waals surface area contributed by atoms with Crippen molar-refractivity contribution in [3.05, 3.63) is 0 Å². The summed E-state index contributed by atoms with van der Waals surface area (Å²) in [5, 5.41) is 2.63. The molecular weight excluding hydrogens is 218 g/mol. The number of carbonyl (C=O) groups is 1. The van der Waals surface area contributed by atoms with Crippen molar-refractivity contribution in [2.75, 3.05) is 6.54 Å². The average molecular weight is 233 g/mol. The number of carbonyl (C=O) groups excluding carboxylic acids is 1. The van der Waals surface area contributed by atoms with Crippen LogP contribution >= 0.6 is 0 Å². The molecule has 1 saturated heterocycles. The second kappa shape index (κ2) is 4.07. The van der Waals surface area contributed by atoms with E-state index in [9.17, 15) is 13.2 Å². The van der Waals surface area contributed by atoms with E-state index in [-0.39, 0.29) is 18.0 Å². The van der Waals surface area contributed by atoms with Crippen LogP contribution in [0.2, 0.25) is 0 Å². The van der Waals surface area contributed by atoms with Crippen LogP contribution in [0.1, 0.15) is 25.7 Å². The largest absolute Gasteiger partial charge is 0.355 e. The molecule has 0 spiro atoms. The SMILES string of the molecule is O=C1CCC(NS(=O)(=O)NC2CC2)CN1. The molecule has 1 unspecified atom stereocenters. The molecule has 2 rings (SSSR count). The first kappa shape index (κ1) is 10.8. The molecule has 7 heteroatoms. The second-order valence-corrected chi connectivity index (χ2v) is 5.53. The van der Waals surface area contributed by atoms with Crippen LogP contribution in [0.4, 0.5) is 0 Å². The Balaban J connectivity index is 1.82. The summed E-state index contributed by atoms with van der Waals surface area (Å²) in [7, 11) is -3.39. The lowest BCUT2D eigenvalue weighted by atomic mass is 10.1. The molecule has 1 aliphatic heterocycles. The van der Waals surface area contributed by atoms with Gasteiger partial charge in [0.15, 0.2) is 0 Å². The van der Waals surface area contributed by atoms with E-state index in [1.54, 1.807) is 0 Å². The van der Waals surface area contributed by atoms with Gasteiger partial charge in [-0.1, -0.05) is 0 Å². The van der Waals surface area contributed by atoms with Crippen molar-refractivity contribution in [1.29, 1.82) is 0 Å². The Morgan fingerprint density at radius 1 is 1.13 bits per heavy atom. The summed E-state index contributed by atoms with van der Waals surface area (Å²) >= 11 is 0. The first-order valence-electron chi connectivity index (χ1n) is 5.11. The summed E-state index contributed by atoms with van der Waals surface area (Å²) < 4.78 is 28.1. The van der Waals surface area contributed by atoms with E-state index < -0.39 is 10.2 Å². The maximum atomic E-state index is 11.5. The number of nitrogens with one attached hydrogen (secondary N) is 3. The van der Waals surface area contributed by atoms with E-state index in [0.29, 0.717) is 19.4 Å². The summed E-state index contributed by atoms with van der Waals surface area (Å²) in [5.74, 6) is -0.0133. The van der Waals surface area contributed by atoms with Gasteiger partial charge in [-0.2, -0.15) is 17.9 Å². The minimum absolute atomic E-state index is 0.0133. The minimum atomic E-state index is -3.39. The van der Waals surface area contributed by atoms with Crippen molar-refractivity contribution in [2.45, 2.75) is 37.8 Å². The molecule has 1 atom stereocenters. The third-order valence-corrected chi connectivity index (χ3v) is 3.77. The number of rotatable bonds is 4. The lowest BCUT2D eigenvalue weighted by molar-refractivity contribution is -0.122. The highest BCUT2D eigenvalue weighted by Crippen LogP contribution is 2.19. The Morgan fingerprint density at radius 2 is 1.80 bits per heavy atom. The quantitative estimate of drug-likeness (QED) is 0.573. The van der Waals surface area contributed by atoms with E-state index in [4.69, 9.17) is 0 Å². The van der Waals surface area contributed by atoms with Gasteiger partial charge in [-0.25, -0.2) is 0 Å². The molecule has 0 aromatic carbocycles. The monoisotopic (exact) mass is 233 g/mol. The van der Waals surface area contributed by atoms with E-state index in [2.05, 4.69) is 14.8 Å². The van der Waals surface area contributed by atoms with Gasteiger partial charge in [-0.05, 0) is 19.3 Å². The fourth-order valence-electron chi connectivity index (χ4n) is 1.51. The summed E-state index contributed by atoms with van der Waals surface area (Å²) in [6, 6.07) is -0.0698. The highest BCUT2D eigenvalue weighted by molar-refractivity contribution is 7.87. The highest BCUT2D eigenvalue weighted by Gasteiger charge is 2.29. The molecule has 0 radical (unpaired) electrons. The minimum Gasteiger partial charge on any atom is -0.355 e. The number of piperidine rings is 1. The molecule has 15 heavy (non-hydrogen) atoms. The third kappa shape index (κ3) is 3.44. The van der Waals surface area contributed by atoms with Crippen molar-refractivity contribution in [1.82, 2.24) is 14.8 Å². The van der Waals surface area contributed by atoms with Gasteiger partial charge in [0.05, 0.1) is 0 Å². The van der Waals surface area contributed by atoms with Crippen LogP contribution in [0, 0.1) is 0 Å². The van der Waals surface area contributed by atoms with Gasteiger partial charge in [-0.15, -0.1) is 0 Å². The van der Waals surface area contributed by atoms with E-state index in [1.807, 2.05) is 0 Å². The predicted molar refractivity (Wildman–Crippen MR) is 54.2 cm³/mol. The van der Waals surface area contributed by atoms with Crippen molar-refractivity contribution in [2.24, 2.45) is 0 Å². The average Bonchev–Trinajstić information content (AvgIpc) is 2.91. The Kier molecular flexibility index (Phi) is 2.94. The Morgan fingerprint density at radius 3 is 2.33 bits per heavy atom. The molecule has 3 N–H and O–H groups in total. The first-order valence-corrected chi connectivity index (χ1v) is 6.60. The van der Waals surface area contributed by atoms with E-state index in [0.717, 1.165) is 12.8 Å². The van der Waals surface area contributed by atoms with Crippen LogP contribution < -0.4 is 14.8 Å². The molecule has 1 saturated carbocycles. The molecule has 6 nitrogen and oxygen atoms in total. The molecule has 2 aliphatic rings. The molecule has 1 aliphatic carbocycles. The maximum absolute atomic E-state index is 11.5. The van der Waals surface area contributed by atoms with E-state index in [1.165, 1.54) is 0 Å². The second-order valence-electron chi connectivity index (χ2n) is 4.05. The molecule has 0 aromatic rings. The van der Waals surface area contributed by atoms with Crippen LogP contribution in [0.5, 0.6) is 0 Å². The summed E-state index contributed by atoms with van der Waals surface area (Å²) in [6.07, 6.45) is 2.79. The molecule has 2 fully saturated rings. The zero-order valence-electron chi connectivity index (χ0n) is 8.32. The van der Waals surface area contributed by atoms with Crippen LogP contribution in [0.25, 0.3) is 0 Å². The topological polar surface area (TPSA) is 87.3 Å². The van der Waals surface area contributed by atoms with E-state index >= 15 is 0 Å². The summed E-state index contributed by atoms with van der Waals surface area (Å²) in [5.41, 5.74) is 0. The lowest BCUT2D eigenvalue weighted by Crippen LogP contribution is -2.51. The van der Waals surface area contributed by atoms with Crippen LogP contribution in [-0.4, -0.2) is 33.0 Å². The Labute approximate surface area is 89.0 Å². The third-order valence-electron chi connectivity index (χ3n) is 2.49. The molecule has 1 heterocycles. The van der Waals surface area contributed by atoms with Crippen molar-refractivity contribution in [3.8, 4) is 0 Å². The van der Waals surface area contributed by atoms with Crippen LogP contribution in [0.15, 0.2) is 0 Å². The molecular formula is C8H15N3O3S. The molecule has 0 bridgehead atoms. The Hall–Kier alpha value is -0.660. The zero-order chi connectivity index (χ0) is 10.9. The summed E-state index contributed by atoms with van der Waals surface area (Å²) in [6.45, 7) is 0.379. The van der Waals surface area contributed by atoms with Crippen LogP contribution in [0.3, 0.4) is 0 Å². The summed E-state index contributed by atoms with van der Waals surface area (Å²) in [4.78, 5) is 10.9. The van der Waals surface area contributed by atoms with Gasteiger partial charge in [-0.3, -0.25) is 4.79 Å². The highest BCUT2D eigenvalue weighted by atomic mass is 32.2. The van der Waals surface area contributed by atoms with Crippen molar-refractivity contribution in [3.63, 3.8) is 0 Å². The fraction of sp³-hybridized carbons (Fsp3) is 0.875. The number of amides is 1. The first-order chi connectivity index (χ1) is 7.05. The molecule has 0 aromatic heterocycles. The Bertz CT molecular complexity index is 340. The standard InChI is InChI=1S/C8H15N3O3S/c12-8-4-3-7(5-9-8)11-15(13,14)10-6-1-2-6/h6-7,10-11H,1-5H2,(H,9,12). The maximum Gasteiger partial charge on any atom is 0.277 e. The molecule has 1 amide bonds. The van der Waals surface area contributed by atoms with Gasteiger partial charge in [0.25, 0.3) is 10.2 Å². The number of hydrogen-bond acceptors (Lipinski definition) is 3. The lowest BCUT2D eigenvalue weighted by Gasteiger charge is -2.23. The van der Waals surface area contributed by atoms with Gasteiger partial charge in [0.2, 0.25) is 5.91 Å². The predicted octanol–water partition coefficient (Wildman–Crippen LogP) is -1.15. The van der Waals surface area contributed by atoms with Crippen molar-refractivity contribution < 1.29 is 13.2 Å². The van der Waals surface area contributed by atoms with Gasteiger partial charge in [0.1, 0.15) is 0 Å². The molecule has 86 valence electrons. The van der Waals surface area contributed by atoms with Gasteiger partial charge < -0.3 is 5.32 Å². The van der Waals surface area contributed by atoms with Gasteiger partial charge >= 0.3 is 0 Å². The normalized spacial score (nSPS) is 27.5. The smallest absolute Gasteiger partial charge is 0.277 e. The fourth-order valence-corrected chi connectivity index (χ4v) is 2.89.